The van der Waals surface area contributed by atoms with Crippen LogP contribution in [0.15, 0.2) is 28.8 Å². The van der Waals surface area contributed by atoms with Crippen LogP contribution in [0.4, 0.5) is 0 Å². The Hall–Kier alpha value is -1.98. The van der Waals surface area contributed by atoms with E-state index >= 15 is 0 Å². The van der Waals surface area contributed by atoms with E-state index in [0.29, 0.717) is 13.1 Å². The molecule has 1 atom stereocenters. The standard InChI is InChI=1S/C17H19N3O2/c1-2-11-3-4-14-13(7-11)17-15(22-14)8-18-16(19-17)10-20-6-5-12(21)9-20/h3-4,7-8,12,21H,2,5-6,9-10H2,1H3/t12-/m0/s1. The number of hydrogen-bond acceptors (Lipinski definition) is 5. The van der Waals surface area contributed by atoms with E-state index in [1.54, 1.807) is 6.20 Å². The van der Waals surface area contributed by atoms with Crippen molar-refractivity contribution in [2.75, 3.05) is 13.1 Å². The lowest BCUT2D eigenvalue weighted by Gasteiger charge is -2.13. The molecular formula is C17H19N3O2. The van der Waals surface area contributed by atoms with Crippen LogP contribution < -0.4 is 0 Å². The molecule has 1 aliphatic rings. The van der Waals surface area contributed by atoms with E-state index in [1.165, 1.54) is 5.56 Å². The second-order valence-electron chi connectivity index (χ2n) is 5.96. The first kappa shape index (κ1) is 13.7. The fourth-order valence-corrected chi connectivity index (χ4v) is 3.10. The van der Waals surface area contributed by atoms with E-state index in [9.17, 15) is 5.11 Å². The zero-order valence-corrected chi connectivity index (χ0v) is 12.6. The molecule has 0 aliphatic carbocycles. The number of hydrogen-bond donors (Lipinski definition) is 1. The Bertz CT molecular complexity index is 827. The summed E-state index contributed by atoms with van der Waals surface area (Å²) in [6, 6.07) is 6.24. The molecule has 0 saturated carbocycles. The Morgan fingerprint density at radius 1 is 1.36 bits per heavy atom. The van der Waals surface area contributed by atoms with E-state index in [0.717, 1.165) is 47.3 Å². The topological polar surface area (TPSA) is 62.4 Å². The summed E-state index contributed by atoms with van der Waals surface area (Å²) in [5.41, 5.74) is 3.75. The molecule has 1 N–H and O–H groups in total. The van der Waals surface area contributed by atoms with Crippen LogP contribution in [0, 0.1) is 0 Å². The first-order valence-electron chi connectivity index (χ1n) is 7.80. The predicted octanol–water partition coefficient (Wildman–Crippen LogP) is 2.51. The van der Waals surface area contributed by atoms with Gasteiger partial charge in [0.1, 0.15) is 16.9 Å². The summed E-state index contributed by atoms with van der Waals surface area (Å²) in [5.74, 6) is 0.784. The molecule has 0 bridgehead atoms. The molecule has 22 heavy (non-hydrogen) atoms. The van der Waals surface area contributed by atoms with Crippen LogP contribution in [0.25, 0.3) is 22.1 Å². The van der Waals surface area contributed by atoms with Crippen LogP contribution in [0.3, 0.4) is 0 Å². The minimum absolute atomic E-state index is 0.217. The monoisotopic (exact) mass is 297 g/mol. The lowest BCUT2D eigenvalue weighted by atomic mass is 10.1. The second-order valence-corrected chi connectivity index (χ2v) is 5.96. The van der Waals surface area contributed by atoms with Gasteiger partial charge in [-0.2, -0.15) is 0 Å². The first-order chi connectivity index (χ1) is 10.7. The summed E-state index contributed by atoms with van der Waals surface area (Å²) < 4.78 is 5.82. The van der Waals surface area contributed by atoms with Crippen LogP contribution in [0.1, 0.15) is 24.7 Å². The zero-order valence-electron chi connectivity index (χ0n) is 12.6. The number of benzene rings is 1. The van der Waals surface area contributed by atoms with E-state index in [4.69, 9.17) is 9.40 Å². The van der Waals surface area contributed by atoms with Gasteiger partial charge >= 0.3 is 0 Å². The normalized spacial score (nSPS) is 19.5. The summed E-state index contributed by atoms with van der Waals surface area (Å²) in [5, 5.41) is 10.7. The highest BCUT2D eigenvalue weighted by Gasteiger charge is 2.21. The van der Waals surface area contributed by atoms with Gasteiger partial charge in [0.2, 0.25) is 0 Å². The molecule has 1 aromatic carbocycles. The molecule has 1 saturated heterocycles. The molecular weight excluding hydrogens is 278 g/mol. The number of furan rings is 1. The molecule has 5 heteroatoms. The maximum atomic E-state index is 9.62. The van der Waals surface area contributed by atoms with Crippen molar-refractivity contribution in [2.45, 2.75) is 32.4 Å². The number of likely N-dealkylation sites (tertiary alicyclic amines) is 1. The molecule has 0 unspecified atom stereocenters. The van der Waals surface area contributed by atoms with Crippen molar-refractivity contribution in [1.82, 2.24) is 14.9 Å². The molecule has 114 valence electrons. The van der Waals surface area contributed by atoms with Gasteiger partial charge in [-0.05, 0) is 30.5 Å². The van der Waals surface area contributed by atoms with E-state index in [1.807, 2.05) is 6.07 Å². The van der Waals surface area contributed by atoms with Crippen molar-refractivity contribution in [1.29, 1.82) is 0 Å². The average Bonchev–Trinajstić information content (AvgIpc) is 3.10. The van der Waals surface area contributed by atoms with Crippen molar-refractivity contribution in [3.63, 3.8) is 0 Å². The lowest BCUT2D eigenvalue weighted by Crippen LogP contribution is -2.22. The Balaban J connectivity index is 1.73. The van der Waals surface area contributed by atoms with Crippen molar-refractivity contribution in [3.8, 4) is 0 Å². The maximum absolute atomic E-state index is 9.62. The van der Waals surface area contributed by atoms with E-state index < -0.39 is 0 Å². The number of aliphatic hydroxyl groups is 1. The Morgan fingerprint density at radius 3 is 3.05 bits per heavy atom. The van der Waals surface area contributed by atoms with Gasteiger partial charge in [0.05, 0.1) is 18.8 Å². The van der Waals surface area contributed by atoms with Gasteiger partial charge in [0, 0.05) is 18.5 Å². The van der Waals surface area contributed by atoms with Crippen molar-refractivity contribution in [2.24, 2.45) is 0 Å². The summed E-state index contributed by atoms with van der Waals surface area (Å²) in [7, 11) is 0. The van der Waals surface area contributed by atoms with Crippen molar-refractivity contribution < 1.29 is 9.52 Å². The summed E-state index contributed by atoms with van der Waals surface area (Å²) >= 11 is 0. The third-order valence-electron chi connectivity index (χ3n) is 4.34. The summed E-state index contributed by atoms with van der Waals surface area (Å²) in [6.45, 7) is 4.41. The number of aliphatic hydroxyl groups excluding tert-OH is 1. The van der Waals surface area contributed by atoms with Gasteiger partial charge in [-0.3, -0.25) is 4.90 Å². The molecule has 0 radical (unpaired) electrons. The van der Waals surface area contributed by atoms with Crippen LogP contribution in [0.2, 0.25) is 0 Å². The first-order valence-corrected chi connectivity index (χ1v) is 7.80. The Morgan fingerprint density at radius 2 is 2.27 bits per heavy atom. The smallest absolute Gasteiger partial charge is 0.172 e. The van der Waals surface area contributed by atoms with Crippen LogP contribution in [-0.2, 0) is 13.0 Å². The molecule has 4 rings (SSSR count). The number of aryl methyl sites for hydroxylation is 1. The highest BCUT2D eigenvalue weighted by Crippen LogP contribution is 2.28. The highest BCUT2D eigenvalue weighted by atomic mass is 16.3. The maximum Gasteiger partial charge on any atom is 0.172 e. The average molecular weight is 297 g/mol. The van der Waals surface area contributed by atoms with Crippen molar-refractivity contribution >= 4 is 22.1 Å². The minimum atomic E-state index is -0.217. The molecule has 5 nitrogen and oxygen atoms in total. The number of fused-ring (bicyclic) bond motifs is 3. The molecule has 3 aromatic rings. The molecule has 0 amide bonds. The number of rotatable bonds is 3. The molecule has 1 fully saturated rings. The van der Waals surface area contributed by atoms with Crippen LogP contribution >= 0.6 is 0 Å². The van der Waals surface area contributed by atoms with Gasteiger partial charge in [0.15, 0.2) is 5.58 Å². The summed E-state index contributed by atoms with van der Waals surface area (Å²) in [6.07, 6.45) is 3.37. The largest absolute Gasteiger partial charge is 0.453 e. The van der Waals surface area contributed by atoms with Gasteiger partial charge in [-0.15, -0.1) is 0 Å². The third kappa shape index (κ3) is 2.36. The molecule has 3 heterocycles. The van der Waals surface area contributed by atoms with Gasteiger partial charge in [-0.25, -0.2) is 9.97 Å². The number of β-amino-alcohol motifs (C(OH)–C–C–N with tert-alkyl or cyclic N) is 1. The number of nitrogens with zero attached hydrogens (tertiary/aromatic N) is 3. The number of aromatic nitrogens is 2. The fraction of sp³-hybridized carbons (Fsp3) is 0.412. The third-order valence-corrected chi connectivity index (χ3v) is 4.34. The fourth-order valence-electron chi connectivity index (χ4n) is 3.10. The quantitative estimate of drug-likeness (QED) is 0.805. The van der Waals surface area contributed by atoms with Gasteiger partial charge < -0.3 is 9.52 Å². The van der Waals surface area contributed by atoms with Crippen LogP contribution in [-0.4, -0.2) is 39.2 Å². The zero-order chi connectivity index (χ0) is 15.1. The molecule has 1 aliphatic heterocycles. The Kier molecular flexibility index (Phi) is 3.32. The van der Waals surface area contributed by atoms with Crippen LogP contribution in [0.5, 0.6) is 0 Å². The van der Waals surface area contributed by atoms with E-state index in [2.05, 4.69) is 28.9 Å². The summed E-state index contributed by atoms with van der Waals surface area (Å²) in [4.78, 5) is 11.3. The van der Waals surface area contributed by atoms with Gasteiger partial charge in [-0.1, -0.05) is 13.0 Å². The molecule has 2 aromatic heterocycles. The van der Waals surface area contributed by atoms with Gasteiger partial charge in [0.25, 0.3) is 0 Å². The minimum Gasteiger partial charge on any atom is -0.453 e. The highest BCUT2D eigenvalue weighted by molar-refractivity contribution is 6.02. The van der Waals surface area contributed by atoms with Crippen molar-refractivity contribution in [3.05, 3.63) is 35.8 Å². The SMILES string of the molecule is CCc1ccc2oc3cnc(CN4CC[C@H](O)C4)nc3c2c1. The van der Waals surface area contributed by atoms with E-state index in [-0.39, 0.29) is 6.10 Å². The molecule has 0 spiro atoms. The second kappa shape index (κ2) is 5.34. The lowest BCUT2D eigenvalue weighted by molar-refractivity contribution is 0.174. The predicted molar refractivity (Wildman–Crippen MR) is 84.6 cm³/mol. The Labute approximate surface area is 128 Å².